The number of benzene rings is 1. The van der Waals surface area contributed by atoms with Crippen LogP contribution in [0.4, 0.5) is 5.69 Å². The van der Waals surface area contributed by atoms with Gasteiger partial charge in [0.1, 0.15) is 17.1 Å². The number of carbonyl (C=O) groups is 1. The second-order valence-corrected chi connectivity index (χ2v) is 6.21. The largest absolute Gasteiger partial charge is 0.487 e. The number of anilines is 1. The van der Waals surface area contributed by atoms with Crippen molar-refractivity contribution in [1.29, 1.82) is 0 Å². The highest BCUT2D eigenvalue weighted by molar-refractivity contribution is 5.92. The van der Waals surface area contributed by atoms with Crippen LogP contribution in [-0.4, -0.2) is 16.7 Å². The second-order valence-electron chi connectivity index (χ2n) is 6.21. The summed E-state index contributed by atoms with van der Waals surface area (Å²) in [5.41, 5.74) is 7.28. The number of hydrogen-bond donors (Lipinski definition) is 2. The zero-order chi connectivity index (χ0) is 15.9. The molecule has 0 saturated carbocycles. The van der Waals surface area contributed by atoms with Crippen molar-refractivity contribution in [3.63, 3.8) is 0 Å². The zero-order valence-corrected chi connectivity index (χ0v) is 12.8. The minimum Gasteiger partial charge on any atom is -0.487 e. The minimum atomic E-state index is -0.374. The van der Waals surface area contributed by atoms with Crippen LogP contribution >= 0.6 is 0 Å². The Hall–Kier alpha value is -2.50. The van der Waals surface area contributed by atoms with E-state index in [4.69, 9.17) is 15.0 Å². The zero-order valence-electron chi connectivity index (χ0n) is 12.8. The van der Waals surface area contributed by atoms with Crippen LogP contribution in [0.3, 0.4) is 0 Å². The van der Waals surface area contributed by atoms with Crippen LogP contribution in [0.25, 0.3) is 0 Å². The highest BCUT2D eigenvalue weighted by Crippen LogP contribution is 2.40. The fraction of sp³-hybridized carbons (Fsp3) is 0.375. The fourth-order valence-electron chi connectivity index (χ4n) is 2.71. The lowest BCUT2D eigenvalue weighted by Crippen LogP contribution is -2.41. The lowest BCUT2D eigenvalue weighted by Gasteiger charge is -2.37. The fourth-order valence-corrected chi connectivity index (χ4v) is 2.71. The molecule has 0 spiro atoms. The van der Waals surface area contributed by atoms with Gasteiger partial charge in [-0.1, -0.05) is 5.16 Å². The average molecular weight is 301 g/mol. The van der Waals surface area contributed by atoms with Crippen LogP contribution in [0.2, 0.25) is 0 Å². The summed E-state index contributed by atoms with van der Waals surface area (Å²) >= 11 is 0. The van der Waals surface area contributed by atoms with Gasteiger partial charge in [0.05, 0.1) is 6.04 Å². The van der Waals surface area contributed by atoms with E-state index in [9.17, 15) is 4.79 Å². The molecule has 6 nitrogen and oxygen atoms in total. The van der Waals surface area contributed by atoms with Gasteiger partial charge in [-0.15, -0.1) is 0 Å². The number of carbonyl (C=O) groups excluding carboxylic acids is 1. The first kappa shape index (κ1) is 14.4. The summed E-state index contributed by atoms with van der Waals surface area (Å²) in [6.07, 6.45) is 0.645. The molecule has 0 saturated heterocycles. The Labute approximate surface area is 128 Å². The predicted octanol–water partition coefficient (Wildman–Crippen LogP) is 2.60. The molecule has 2 aromatic rings. The van der Waals surface area contributed by atoms with E-state index in [2.05, 4.69) is 10.5 Å². The van der Waals surface area contributed by atoms with Crippen molar-refractivity contribution in [1.82, 2.24) is 10.5 Å². The van der Waals surface area contributed by atoms with E-state index >= 15 is 0 Å². The number of nitrogens with two attached hydrogens (primary N) is 1. The molecule has 2 heterocycles. The molecule has 0 fully saturated rings. The standard InChI is InChI=1S/C16H19N3O3/c1-9-6-12(19-22-9)15(20)18-13-8-16(2,3)21-14-5-4-10(17)7-11(13)14/h4-7,13H,8,17H2,1-3H3,(H,18,20). The van der Waals surface area contributed by atoms with Crippen molar-refractivity contribution in [3.8, 4) is 5.75 Å². The smallest absolute Gasteiger partial charge is 0.273 e. The SMILES string of the molecule is Cc1cc(C(=O)NC2CC(C)(C)Oc3ccc(N)cc32)no1. The molecule has 1 atom stereocenters. The van der Waals surface area contributed by atoms with Gasteiger partial charge in [-0.05, 0) is 39.0 Å². The normalized spacial score (nSPS) is 19.1. The quantitative estimate of drug-likeness (QED) is 0.832. The van der Waals surface area contributed by atoms with Crippen LogP contribution in [0.5, 0.6) is 5.75 Å². The van der Waals surface area contributed by atoms with Gasteiger partial charge in [-0.25, -0.2) is 0 Å². The van der Waals surface area contributed by atoms with Gasteiger partial charge in [-0.3, -0.25) is 4.79 Å². The Kier molecular flexibility index (Phi) is 3.31. The molecule has 0 bridgehead atoms. The van der Waals surface area contributed by atoms with E-state index in [1.54, 1.807) is 19.1 Å². The third kappa shape index (κ3) is 2.77. The van der Waals surface area contributed by atoms with E-state index in [1.807, 2.05) is 26.0 Å². The Balaban J connectivity index is 1.90. The van der Waals surface area contributed by atoms with Crippen LogP contribution in [0.1, 0.15) is 48.1 Å². The average Bonchev–Trinajstić information content (AvgIpc) is 2.85. The third-order valence-electron chi connectivity index (χ3n) is 3.66. The van der Waals surface area contributed by atoms with Crippen LogP contribution in [0, 0.1) is 6.92 Å². The summed E-state index contributed by atoms with van der Waals surface area (Å²) in [6, 6.07) is 6.89. The number of nitrogens with zero attached hydrogens (tertiary/aromatic N) is 1. The number of rotatable bonds is 2. The Morgan fingerprint density at radius 2 is 2.18 bits per heavy atom. The molecular weight excluding hydrogens is 282 g/mol. The lowest BCUT2D eigenvalue weighted by atomic mass is 9.89. The summed E-state index contributed by atoms with van der Waals surface area (Å²) in [5.74, 6) is 1.07. The summed E-state index contributed by atoms with van der Waals surface area (Å²) in [4.78, 5) is 12.3. The monoisotopic (exact) mass is 301 g/mol. The summed E-state index contributed by atoms with van der Waals surface area (Å²) in [6.45, 7) is 5.73. The van der Waals surface area contributed by atoms with Crippen molar-refractivity contribution >= 4 is 11.6 Å². The maximum absolute atomic E-state index is 12.3. The predicted molar refractivity (Wildman–Crippen MR) is 81.6 cm³/mol. The number of ether oxygens (including phenoxy) is 1. The lowest BCUT2D eigenvalue weighted by molar-refractivity contribution is 0.0617. The first-order valence-corrected chi connectivity index (χ1v) is 7.17. The molecule has 1 aliphatic rings. The van der Waals surface area contributed by atoms with Crippen molar-refractivity contribution < 1.29 is 14.1 Å². The minimum absolute atomic E-state index is 0.188. The maximum atomic E-state index is 12.3. The number of aromatic nitrogens is 1. The number of nitrogens with one attached hydrogen (secondary N) is 1. The van der Waals surface area contributed by atoms with E-state index in [-0.39, 0.29) is 23.2 Å². The first-order chi connectivity index (χ1) is 10.3. The number of hydrogen-bond acceptors (Lipinski definition) is 5. The molecule has 1 aromatic heterocycles. The van der Waals surface area contributed by atoms with Gasteiger partial charge in [0.2, 0.25) is 0 Å². The van der Waals surface area contributed by atoms with E-state index in [0.717, 1.165) is 11.3 Å². The Bertz CT molecular complexity index is 721. The molecular formula is C16H19N3O3. The molecule has 1 aliphatic heterocycles. The van der Waals surface area contributed by atoms with E-state index in [1.165, 1.54) is 0 Å². The van der Waals surface area contributed by atoms with E-state index in [0.29, 0.717) is 17.9 Å². The van der Waals surface area contributed by atoms with Gasteiger partial charge < -0.3 is 20.3 Å². The molecule has 1 unspecified atom stereocenters. The summed E-state index contributed by atoms with van der Waals surface area (Å²) in [5, 5.41) is 6.74. The highest BCUT2D eigenvalue weighted by Gasteiger charge is 2.35. The number of amides is 1. The molecule has 1 aromatic carbocycles. The third-order valence-corrected chi connectivity index (χ3v) is 3.66. The summed E-state index contributed by atoms with van der Waals surface area (Å²) in [7, 11) is 0. The molecule has 1 amide bonds. The van der Waals surface area contributed by atoms with Gasteiger partial charge in [0.15, 0.2) is 5.69 Å². The summed E-state index contributed by atoms with van der Waals surface area (Å²) < 4.78 is 10.9. The molecule has 116 valence electrons. The Morgan fingerprint density at radius 3 is 2.86 bits per heavy atom. The molecule has 3 N–H and O–H groups in total. The van der Waals surface area contributed by atoms with Gasteiger partial charge >= 0.3 is 0 Å². The van der Waals surface area contributed by atoms with Crippen LogP contribution in [0.15, 0.2) is 28.8 Å². The number of nitrogen functional groups attached to an aromatic ring is 1. The van der Waals surface area contributed by atoms with Crippen LogP contribution < -0.4 is 15.8 Å². The van der Waals surface area contributed by atoms with Crippen LogP contribution in [-0.2, 0) is 0 Å². The second kappa shape index (κ2) is 5.05. The first-order valence-electron chi connectivity index (χ1n) is 7.17. The van der Waals surface area contributed by atoms with Crippen molar-refractivity contribution in [3.05, 3.63) is 41.3 Å². The number of aryl methyl sites for hydroxylation is 1. The van der Waals surface area contributed by atoms with Crippen molar-refractivity contribution in [2.45, 2.75) is 38.8 Å². The van der Waals surface area contributed by atoms with Crippen molar-refractivity contribution in [2.24, 2.45) is 0 Å². The molecule has 6 heteroatoms. The van der Waals surface area contributed by atoms with Gasteiger partial charge in [0, 0.05) is 23.7 Å². The van der Waals surface area contributed by atoms with E-state index < -0.39 is 0 Å². The maximum Gasteiger partial charge on any atom is 0.273 e. The van der Waals surface area contributed by atoms with Gasteiger partial charge in [-0.2, -0.15) is 0 Å². The topological polar surface area (TPSA) is 90.4 Å². The highest BCUT2D eigenvalue weighted by atomic mass is 16.5. The molecule has 0 aliphatic carbocycles. The molecule has 3 rings (SSSR count). The molecule has 0 radical (unpaired) electrons. The Morgan fingerprint density at radius 1 is 1.41 bits per heavy atom. The van der Waals surface area contributed by atoms with Gasteiger partial charge in [0.25, 0.3) is 5.91 Å². The van der Waals surface area contributed by atoms with Crippen molar-refractivity contribution in [2.75, 3.05) is 5.73 Å². The number of fused-ring (bicyclic) bond motifs is 1. The molecule has 22 heavy (non-hydrogen) atoms.